The molecule has 1 N–H and O–H groups in total. The fourth-order valence-electron chi connectivity index (χ4n) is 2.79. The lowest BCUT2D eigenvalue weighted by Crippen LogP contribution is -2.24. The maximum atomic E-state index is 12.5. The largest absolute Gasteiger partial charge is 0.416 e. The number of amides is 1. The monoisotopic (exact) mass is 399 g/mol. The first-order valence-electron chi connectivity index (χ1n) is 9.32. The van der Waals surface area contributed by atoms with Crippen LogP contribution in [0.25, 0.3) is 0 Å². The molecule has 0 aliphatic rings. The van der Waals surface area contributed by atoms with Crippen LogP contribution >= 0.6 is 11.8 Å². The summed E-state index contributed by atoms with van der Waals surface area (Å²) < 4.78 is 7.51. The van der Waals surface area contributed by atoms with Gasteiger partial charge in [-0.05, 0) is 32.3 Å². The van der Waals surface area contributed by atoms with Gasteiger partial charge in [0, 0.05) is 18.5 Å². The normalized spacial score (nSPS) is 13.5. The third-order valence-electron chi connectivity index (χ3n) is 4.36. The Morgan fingerprint density at radius 1 is 1.14 bits per heavy atom. The van der Waals surface area contributed by atoms with Crippen LogP contribution in [0.4, 0.5) is 5.82 Å². The van der Waals surface area contributed by atoms with Crippen LogP contribution in [0.3, 0.4) is 0 Å². The van der Waals surface area contributed by atoms with Crippen molar-refractivity contribution in [3.8, 4) is 0 Å². The summed E-state index contributed by atoms with van der Waals surface area (Å²) in [5.41, 5.74) is 1.23. The number of aromatic nitrogens is 4. The number of rotatable bonds is 8. The molecule has 0 fully saturated rings. The van der Waals surface area contributed by atoms with E-state index in [0.29, 0.717) is 23.4 Å². The summed E-state index contributed by atoms with van der Waals surface area (Å²) in [4.78, 5) is 12.5. The zero-order valence-corrected chi connectivity index (χ0v) is 17.3. The van der Waals surface area contributed by atoms with E-state index in [-0.39, 0.29) is 23.1 Å². The van der Waals surface area contributed by atoms with Gasteiger partial charge in [0.05, 0.1) is 11.4 Å². The molecule has 8 heteroatoms. The van der Waals surface area contributed by atoms with Crippen LogP contribution in [-0.2, 0) is 11.2 Å². The maximum absolute atomic E-state index is 12.5. The Balaban J connectivity index is 1.56. The Morgan fingerprint density at radius 2 is 1.89 bits per heavy atom. The second-order valence-electron chi connectivity index (χ2n) is 6.98. The molecule has 7 nitrogen and oxygen atoms in total. The summed E-state index contributed by atoms with van der Waals surface area (Å²) in [6.07, 6.45) is 2.33. The Bertz CT molecular complexity index is 906. The third kappa shape index (κ3) is 5.01. The van der Waals surface area contributed by atoms with Gasteiger partial charge < -0.3 is 9.73 Å². The van der Waals surface area contributed by atoms with Crippen molar-refractivity contribution in [2.75, 3.05) is 5.32 Å². The molecule has 148 valence electrons. The molecular formula is C20H25N5O2S. The van der Waals surface area contributed by atoms with Gasteiger partial charge in [0.2, 0.25) is 11.8 Å². The molecule has 0 aliphatic carbocycles. The Morgan fingerprint density at radius 3 is 2.61 bits per heavy atom. The van der Waals surface area contributed by atoms with E-state index >= 15 is 0 Å². The van der Waals surface area contributed by atoms with E-state index in [9.17, 15) is 4.79 Å². The summed E-state index contributed by atoms with van der Waals surface area (Å²) in [5, 5.41) is 15.3. The van der Waals surface area contributed by atoms with Crippen LogP contribution in [0.1, 0.15) is 51.1 Å². The van der Waals surface area contributed by atoms with E-state index in [2.05, 4.69) is 39.7 Å². The molecular weight excluding hydrogens is 374 g/mol. The first-order valence-corrected chi connectivity index (χ1v) is 10.2. The minimum atomic E-state index is -0.379. The van der Waals surface area contributed by atoms with Crippen LogP contribution in [0, 0.1) is 0 Å². The molecule has 2 aromatic heterocycles. The molecule has 0 saturated heterocycles. The minimum absolute atomic E-state index is 0.134. The summed E-state index contributed by atoms with van der Waals surface area (Å²) >= 11 is 1.25. The van der Waals surface area contributed by atoms with Crippen molar-refractivity contribution in [1.29, 1.82) is 0 Å². The van der Waals surface area contributed by atoms with Crippen LogP contribution in [-0.4, -0.2) is 31.1 Å². The number of thioether (sulfide) groups is 1. The molecule has 2 heterocycles. The lowest BCUT2D eigenvalue weighted by Gasteiger charge is -2.13. The van der Waals surface area contributed by atoms with Gasteiger partial charge in [-0.3, -0.25) is 4.79 Å². The number of carbonyl (C=O) groups is 1. The van der Waals surface area contributed by atoms with Gasteiger partial charge in [-0.1, -0.05) is 49.0 Å². The molecule has 0 radical (unpaired) electrons. The van der Waals surface area contributed by atoms with E-state index in [1.54, 1.807) is 16.9 Å². The Labute approximate surface area is 168 Å². The lowest BCUT2D eigenvalue weighted by molar-refractivity contribution is -0.115. The fraction of sp³-hybridized carbons (Fsp3) is 0.400. The topological polar surface area (TPSA) is 85.8 Å². The zero-order valence-electron chi connectivity index (χ0n) is 16.5. The summed E-state index contributed by atoms with van der Waals surface area (Å²) in [6, 6.07) is 12.2. The molecule has 0 spiro atoms. The van der Waals surface area contributed by atoms with Crippen molar-refractivity contribution in [2.24, 2.45) is 0 Å². The highest BCUT2D eigenvalue weighted by molar-refractivity contribution is 8.00. The van der Waals surface area contributed by atoms with Crippen molar-refractivity contribution in [1.82, 2.24) is 20.0 Å². The molecule has 3 rings (SSSR count). The quantitative estimate of drug-likeness (QED) is 0.568. The second kappa shape index (κ2) is 9.05. The van der Waals surface area contributed by atoms with Gasteiger partial charge in [-0.15, -0.1) is 10.2 Å². The van der Waals surface area contributed by atoms with Crippen molar-refractivity contribution in [2.45, 2.75) is 56.5 Å². The van der Waals surface area contributed by atoms with Gasteiger partial charge in [0.25, 0.3) is 5.22 Å². The minimum Gasteiger partial charge on any atom is -0.416 e. The van der Waals surface area contributed by atoms with Crippen molar-refractivity contribution >= 4 is 23.5 Å². The number of nitrogens with one attached hydrogen (secondary N) is 1. The predicted octanol–water partition coefficient (Wildman–Crippen LogP) is 4.31. The highest BCUT2D eigenvalue weighted by Crippen LogP contribution is 2.26. The van der Waals surface area contributed by atoms with Crippen LogP contribution in [0.15, 0.2) is 52.2 Å². The van der Waals surface area contributed by atoms with Gasteiger partial charge in [-0.25, -0.2) is 4.68 Å². The van der Waals surface area contributed by atoms with E-state index in [1.165, 1.54) is 17.3 Å². The molecule has 3 aromatic rings. The number of hydrogen-bond donors (Lipinski definition) is 1. The van der Waals surface area contributed by atoms with E-state index in [0.717, 1.165) is 0 Å². The number of anilines is 1. The summed E-state index contributed by atoms with van der Waals surface area (Å²) in [5.74, 6) is 1.39. The fourth-order valence-corrected chi connectivity index (χ4v) is 3.49. The van der Waals surface area contributed by atoms with Crippen molar-refractivity contribution in [3.05, 3.63) is 54.0 Å². The Kier molecular flexibility index (Phi) is 6.51. The highest BCUT2D eigenvalue weighted by atomic mass is 32.2. The van der Waals surface area contributed by atoms with Gasteiger partial charge in [0.15, 0.2) is 0 Å². The number of nitrogens with zero attached hydrogens (tertiary/aromatic N) is 4. The molecule has 0 aliphatic heterocycles. The Hall–Kier alpha value is -2.61. The standard InChI is InChI=1S/C20H25N5O2S/c1-13(2)25-17(10-11-21-25)22-19(26)15(4)28-20-24-23-18(27-20)12-14(3)16-8-6-5-7-9-16/h5-11,13-15H,12H2,1-4H3,(H,22,26)/t14-,15+/m1/s1. The first kappa shape index (κ1) is 20.1. The predicted molar refractivity (Wildman–Crippen MR) is 109 cm³/mol. The molecule has 0 saturated carbocycles. The summed E-state index contributed by atoms with van der Waals surface area (Å²) in [6.45, 7) is 7.96. The smallest absolute Gasteiger partial charge is 0.277 e. The molecule has 0 unspecified atom stereocenters. The molecule has 2 atom stereocenters. The van der Waals surface area contributed by atoms with Crippen LogP contribution < -0.4 is 5.32 Å². The van der Waals surface area contributed by atoms with E-state index in [1.807, 2.05) is 39.0 Å². The average molecular weight is 400 g/mol. The first-order chi connectivity index (χ1) is 13.4. The van der Waals surface area contributed by atoms with Crippen LogP contribution in [0.5, 0.6) is 0 Å². The molecule has 28 heavy (non-hydrogen) atoms. The number of benzene rings is 1. The van der Waals surface area contributed by atoms with Crippen LogP contribution in [0.2, 0.25) is 0 Å². The highest BCUT2D eigenvalue weighted by Gasteiger charge is 2.20. The average Bonchev–Trinajstić information content (AvgIpc) is 3.31. The van der Waals surface area contributed by atoms with Gasteiger partial charge >= 0.3 is 0 Å². The second-order valence-corrected chi connectivity index (χ2v) is 8.27. The molecule has 1 aromatic carbocycles. The van der Waals surface area contributed by atoms with E-state index in [4.69, 9.17) is 4.42 Å². The van der Waals surface area contributed by atoms with Crippen molar-refractivity contribution in [3.63, 3.8) is 0 Å². The maximum Gasteiger partial charge on any atom is 0.277 e. The van der Waals surface area contributed by atoms with Gasteiger partial charge in [0.1, 0.15) is 5.82 Å². The van der Waals surface area contributed by atoms with E-state index < -0.39 is 0 Å². The third-order valence-corrected chi connectivity index (χ3v) is 5.29. The lowest BCUT2D eigenvalue weighted by atomic mass is 9.98. The van der Waals surface area contributed by atoms with Crippen molar-refractivity contribution < 1.29 is 9.21 Å². The molecule has 1 amide bonds. The summed E-state index contributed by atoms with van der Waals surface area (Å²) in [7, 11) is 0. The van der Waals surface area contributed by atoms with Gasteiger partial charge in [-0.2, -0.15) is 5.10 Å². The SMILES string of the molecule is CC(C)n1nccc1NC(=O)[C@H](C)Sc1nnc(C[C@@H](C)c2ccccc2)o1. The zero-order chi connectivity index (χ0) is 20.1. The number of carbonyl (C=O) groups excluding carboxylic acids is 1. The number of hydrogen-bond acceptors (Lipinski definition) is 6. The molecule has 0 bridgehead atoms.